The predicted octanol–water partition coefficient (Wildman–Crippen LogP) is 4.13. The molecule has 0 amide bonds. The van der Waals surface area contributed by atoms with E-state index in [9.17, 15) is 9.90 Å². The maximum Gasteiger partial charge on any atom is 0.274 e. The highest BCUT2D eigenvalue weighted by atomic mass is 16.3. The number of nitrogens with one attached hydrogen (secondary N) is 1. The van der Waals surface area contributed by atoms with Gasteiger partial charge in [-0.15, -0.1) is 0 Å². The van der Waals surface area contributed by atoms with Crippen LogP contribution >= 0.6 is 0 Å². The minimum atomic E-state index is -0.333. The van der Waals surface area contributed by atoms with Gasteiger partial charge in [-0.3, -0.25) is 4.79 Å². The number of aliphatic hydroxyl groups excluding tert-OH is 1. The Kier molecular flexibility index (Phi) is 3.35. The Morgan fingerprint density at radius 1 is 0.958 bits per heavy atom. The van der Waals surface area contributed by atoms with Crippen LogP contribution in [0.4, 0.5) is 0 Å². The molecule has 0 bridgehead atoms. The molecule has 4 nitrogen and oxygen atoms in total. The Labute approximate surface area is 137 Å². The van der Waals surface area contributed by atoms with Crippen molar-refractivity contribution in [3.8, 4) is 0 Å². The van der Waals surface area contributed by atoms with Gasteiger partial charge < -0.3 is 10.1 Å². The van der Waals surface area contributed by atoms with Crippen molar-refractivity contribution in [2.75, 3.05) is 0 Å². The number of benzene rings is 3. The fourth-order valence-electron chi connectivity index (χ4n) is 2.80. The highest BCUT2D eigenvalue weighted by molar-refractivity contribution is 5.95. The Hall–Kier alpha value is -3.40. The Balaban J connectivity index is 1.88. The molecule has 0 saturated heterocycles. The number of hydrogen-bond donors (Lipinski definition) is 2. The van der Waals surface area contributed by atoms with E-state index in [0.717, 1.165) is 10.8 Å². The van der Waals surface area contributed by atoms with E-state index in [-0.39, 0.29) is 17.0 Å². The zero-order valence-corrected chi connectivity index (χ0v) is 12.7. The van der Waals surface area contributed by atoms with Crippen LogP contribution in [-0.4, -0.2) is 15.1 Å². The van der Waals surface area contributed by atoms with E-state index < -0.39 is 0 Å². The van der Waals surface area contributed by atoms with Crippen LogP contribution in [0, 0.1) is 0 Å². The molecule has 0 aliphatic rings. The van der Waals surface area contributed by atoms with Gasteiger partial charge in [-0.25, -0.2) is 4.98 Å². The van der Waals surface area contributed by atoms with Crippen LogP contribution in [0.25, 0.3) is 33.6 Å². The average Bonchev–Trinajstić information content (AvgIpc) is 2.62. The second-order valence-corrected chi connectivity index (χ2v) is 5.52. The monoisotopic (exact) mass is 314 g/mol. The van der Waals surface area contributed by atoms with Gasteiger partial charge in [0.05, 0.1) is 11.0 Å². The summed E-state index contributed by atoms with van der Waals surface area (Å²) in [5.74, 6) is 0.0140. The lowest BCUT2D eigenvalue weighted by molar-refractivity contribution is 0.516. The van der Waals surface area contributed by atoms with E-state index in [1.54, 1.807) is 6.07 Å². The van der Waals surface area contributed by atoms with Crippen molar-refractivity contribution < 1.29 is 5.11 Å². The molecular formula is C20H14N2O2. The number of aromatic amines is 1. The van der Waals surface area contributed by atoms with E-state index in [1.807, 2.05) is 60.7 Å². The molecule has 0 atom stereocenters. The summed E-state index contributed by atoms with van der Waals surface area (Å²) in [6, 6.07) is 20.8. The first-order valence-electron chi connectivity index (χ1n) is 7.60. The van der Waals surface area contributed by atoms with Crippen molar-refractivity contribution in [3.05, 3.63) is 88.3 Å². The van der Waals surface area contributed by atoms with Gasteiger partial charge in [0.1, 0.15) is 11.5 Å². The van der Waals surface area contributed by atoms with Crippen LogP contribution in [0.2, 0.25) is 0 Å². The number of fused-ring (bicyclic) bond motifs is 2. The molecule has 0 saturated carbocycles. The molecule has 4 heteroatoms. The van der Waals surface area contributed by atoms with Gasteiger partial charge >= 0.3 is 0 Å². The van der Waals surface area contributed by atoms with Crippen LogP contribution in [-0.2, 0) is 0 Å². The van der Waals surface area contributed by atoms with E-state index in [2.05, 4.69) is 9.97 Å². The fraction of sp³-hybridized carbons (Fsp3) is 0. The summed E-state index contributed by atoms with van der Waals surface area (Å²) >= 11 is 0. The molecule has 4 rings (SSSR count). The Morgan fingerprint density at radius 3 is 2.62 bits per heavy atom. The third-order valence-electron chi connectivity index (χ3n) is 3.96. The van der Waals surface area contributed by atoms with Crippen molar-refractivity contribution >= 4 is 33.6 Å². The normalized spacial score (nSPS) is 11.9. The largest absolute Gasteiger partial charge is 0.507 e. The highest BCUT2D eigenvalue weighted by Crippen LogP contribution is 2.24. The fourth-order valence-corrected chi connectivity index (χ4v) is 2.80. The van der Waals surface area contributed by atoms with Gasteiger partial charge in [-0.2, -0.15) is 0 Å². The van der Waals surface area contributed by atoms with Crippen LogP contribution in [0.15, 0.2) is 71.5 Å². The molecule has 116 valence electrons. The molecule has 1 aromatic heterocycles. The Morgan fingerprint density at radius 2 is 1.71 bits per heavy atom. The van der Waals surface area contributed by atoms with E-state index in [0.29, 0.717) is 16.6 Å². The van der Waals surface area contributed by atoms with Crippen molar-refractivity contribution in [3.63, 3.8) is 0 Å². The van der Waals surface area contributed by atoms with Gasteiger partial charge in [-0.1, -0.05) is 54.6 Å². The summed E-state index contributed by atoms with van der Waals surface area (Å²) in [4.78, 5) is 19.3. The number of hydrogen-bond acceptors (Lipinski definition) is 3. The molecule has 0 fully saturated rings. The molecule has 0 aliphatic heterocycles. The summed E-state index contributed by atoms with van der Waals surface area (Å²) in [6.45, 7) is 0. The second kappa shape index (κ2) is 5.66. The van der Waals surface area contributed by atoms with Crippen LogP contribution < -0.4 is 5.56 Å². The summed E-state index contributed by atoms with van der Waals surface area (Å²) < 4.78 is 0. The number of aromatic nitrogens is 2. The molecule has 3 aromatic carbocycles. The lowest BCUT2D eigenvalue weighted by atomic mass is 10.0. The molecule has 0 aliphatic carbocycles. The Bertz CT molecular complexity index is 1140. The molecular weight excluding hydrogens is 300 g/mol. The maximum atomic E-state index is 12.2. The number of rotatable bonds is 2. The van der Waals surface area contributed by atoms with Crippen molar-refractivity contribution in [2.45, 2.75) is 0 Å². The summed E-state index contributed by atoms with van der Waals surface area (Å²) in [5.41, 5.74) is 1.86. The quantitative estimate of drug-likeness (QED) is 0.547. The zero-order valence-electron chi connectivity index (χ0n) is 12.7. The summed E-state index contributed by atoms with van der Waals surface area (Å²) in [6.07, 6.45) is 1.41. The van der Waals surface area contributed by atoms with Gasteiger partial charge in [0.15, 0.2) is 0 Å². The standard InChI is InChI=1S/C20H14N2O2/c23-19(15-9-5-7-13-6-1-2-8-14(13)15)12-18-20(24)22-17-11-4-3-10-16(17)21-18/h1-12,23H,(H,22,24)/b19-12+. The maximum absolute atomic E-state index is 12.2. The minimum absolute atomic E-state index is 0.0140. The zero-order chi connectivity index (χ0) is 16.5. The third kappa shape index (κ3) is 2.44. The second-order valence-electron chi connectivity index (χ2n) is 5.52. The van der Waals surface area contributed by atoms with Crippen molar-refractivity contribution in [2.24, 2.45) is 0 Å². The van der Waals surface area contributed by atoms with Crippen LogP contribution in [0.5, 0.6) is 0 Å². The summed E-state index contributed by atoms with van der Waals surface area (Å²) in [7, 11) is 0. The van der Waals surface area contributed by atoms with Crippen LogP contribution in [0.1, 0.15) is 11.3 Å². The number of para-hydroxylation sites is 2. The molecule has 24 heavy (non-hydrogen) atoms. The first kappa shape index (κ1) is 14.2. The van der Waals surface area contributed by atoms with E-state index in [1.165, 1.54) is 6.08 Å². The lowest BCUT2D eigenvalue weighted by Gasteiger charge is -2.06. The average molecular weight is 314 g/mol. The van der Waals surface area contributed by atoms with Gasteiger partial charge in [0.2, 0.25) is 0 Å². The smallest absolute Gasteiger partial charge is 0.274 e. The third-order valence-corrected chi connectivity index (χ3v) is 3.96. The van der Waals surface area contributed by atoms with Crippen LogP contribution in [0.3, 0.4) is 0 Å². The molecule has 0 unspecified atom stereocenters. The number of aliphatic hydroxyl groups is 1. The molecule has 4 aromatic rings. The molecule has 1 heterocycles. The molecule has 0 radical (unpaired) electrons. The highest BCUT2D eigenvalue weighted by Gasteiger charge is 2.08. The van der Waals surface area contributed by atoms with Gasteiger partial charge in [-0.05, 0) is 22.9 Å². The minimum Gasteiger partial charge on any atom is -0.507 e. The number of nitrogens with zero attached hydrogens (tertiary/aromatic N) is 1. The SMILES string of the molecule is O=c1[nH]c2ccccc2nc1/C=C(/O)c1cccc2ccccc12. The molecule has 2 N–H and O–H groups in total. The molecule has 0 spiro atoms. The van der Waals surface area contributed by atoms with E-state index >= 15 is 0 Å². The summed E-state index contributed by atoms with van der Waals surface area (Å²) in [5, 5.41) is 12.5. The lowest BCUT2D eigenvalue weighted by Crippen LogP contribution is -2.12. The topological polar surface area (TPSA) is 66.0 Å². The first-order chi connectivity index (χ1) is 11.7. The predicted molar refractivity (Wildman–Crippen MR) is 96.8 cm³/mol. The van der Waals surface area contributed by atoms with Gasteiger partial charge in [0.25, 0.3) is 5.56 Å². The van der Waals surface area contributed by atoms with Gasteiger partial charge in [0, 0.05) is 11.6 Å². The van der Waals surface area contributed by atoms with E-state index in [4.69, 9.17) is 0 Å². The number of H-pyrrole nitrogens is 1. The van der Waals surface area contributed by atoms with Crippen molar-refractivity contribution in [1.29, 1.82) is 0 Å². The van der Waals surface area contributed by atoms with Crippen molar-refractivity contribution in [1.82, 2.24) is 9.97 Å². The first-order valence-corrected chi connectivity index (χ1v) is 7.60.